The molecular formula is C9H10F3NO3. The molecule has 90 valence electrons. The van der Waals surface area contributed by atoms with Gasteiger partial charge < -0.3 is 10.0 Å². The second-order valence-corrected chi connectivity index (χ2v) is 4.29. The van der Waals surface area contributed by atoms with Crippen LogP contribution in [0.25, 0.3) is 0 Å². The number of nitrogens with zero attached hydrogens (tertiary/aromatic N) is 1. The molecule has 2 aliphatic rings. The van der Waals surface area contributed by atoms with Crippen molar-refractivity contribution < 1.29 is 27.9 Å². The largest absolute Gasteiger partial charge is 0.481 e. The maximum atomic E-state index is 12.2. The average molecular weight is 237 g/mol. The Balaban J connectivity index is 2.06. The first kappa shape index (κ1) is 11.2. The number of halogens is 3. The molecule has 16 heavy (non-hydrogen) atoms. The van der Waals surface area contributed by atoms with Crippen molar-refractivity contribution in [3.8, 4) is 0 Å². The van der Waals surface area contributed by atoms with Gasteiger partial charge in [0.25, 0.3) is 0 Å². The van der Waals surface area contributed by atoms with Crippen molar-refractivity contribution in [3.63, 3.8) is 0 Å². The van der Waals surface area contributed by atoms with Gasteiger partial charge in [0.2, 0.25) is 0 Å². The SMILES string of the molecule is O=C(O)[C@@H]1C[C@@H]2C[C@H]1CN2C(=O)C(F)(F)F. The number of carboxylic acids is 1. The van der Waals surface area contributed by atoms with Crippen LogP contribution in [0.4, 0.5) is 13.2 Å². The van der Waals surface area contributed by atoms with Gasteiger partial charge in [-0.3, -0.25) is 9.59 Å². The molecule has 4 nitrogen and oxygen atoms in total. The Hall–Kier alpha value is -1.27. The van der Waals surface area contributed by atoms with Crippen LogP contribution in [-0.2, 0) is 9.59 Å². The molecule has 0 aromatic heterocycles. The molecule has 0 aromatic rings. The van der Waals surface area contributed by atoms with Crippen molar-refractivity contribution in [2.75, 3.05) is 6.54 Å². The van der Waals surface area contributed by atoms with Gasteiger partial charge >= 0.3 is 18.1 Å². The Labute approximate surface area is 89.0 Å². The van der Waals surface area contributed by atoms with Crippen LogP contribution < -0.4 is 0 Å². The molecule has 1 amide bonds. The third-order valence-corrected chi connectivity index (χ3v) is 3.36. The molecule has 1 aliphatic carbocycles. The lowest BCUT2D eigenvalue weighted by molar-refractivity contribution is -0.187. The summed E-state index contributed by atoms with van der Waals surface area (Å²) in [5.41, 5.74) is 0. The zero-order valence-electron chi connectivity index (χ0n) is 8.20. The van der Waals surface area contributed by atoms with Crippen LogP contribution in [0.15, 0.2) is 0 Å². The number of amides is 1. The molecule has 0 unspecified atom stereocenters. The van der Waals surface area contributed by atoms with E-state index in [1.165, 1.54) is 0 Å². The number of carboxylic acid groups (broad SMARTS) is 1. The maximum absolute atomic E-state index is 12.2. The van der Waals surface area contributed by atoms with E-state index >= 15 is 0 Å². The van der Waals surface area contributed by atoms with Crippen LogP contribution in [-0.4, -0.2) is 40.6 Å². The van der Waals surface area contributed by atoms with E-state index in [-0.39, 0.29) is 18.9 Å². The number of likely N-dealkylation sites (tertiary alicyclic amines) is 1. The van der Waals surface area contributed by atoms with E-state index in [2.05, 4.69) is 0 Å². The van der Waals surface area contributed by atoms with E-state index in [0.717, 1.165) is 4.90 Å². The summed E-state index contributed by atoms with van der Waals surface area (Å²) in [6, 6.07) is -0.555. The Morgan fingerprint density at radius 1 is 1.25 bits per heavy atom. The Bertz CT molecular complexity index is 341. The molecule has 0 aromatic carbocycles. The molecule has 0 spiro atoms. The molecule has 2 rings (SSSR count). The fraction of sp³-hybridized carbons (Fsp3) is 0.778. The quantitative estimate of drug-likeness (QED) is 0.736. The summed E-state index contributed by atoms with van der Waals surface area (Å²) >= 11 is 0. The van der Waals surface area contributed by atoms with Gasteiger partial charge in [-0.1, -0.05) is 0 Å². The van der Waals surface area contributed by atoms with Gasteiger partial charge in [-0.05, 0) is 18.8 Å². The van der Waals surface area contributed by atoms with E-state index in [4.69, 9.17) is 5.11 Å². The molecule has 1 aliphatic heterocycles. The topological polar surface area (TPSA) is 57.6 Å². The highest BCUT2D eigenvalue weighted by Crippen LogP contribution is 2.43. The average Bonchev–Trinajstić information content (AvgIpc) is 2.72. The summed E-state index contributed by atoms with van der Waals surface area (Å²) in [6.45, 7) is -0.0834. The molecule has 0 radical (unpaired) electrons. The fourth-order valence-corrected chi connectivity index (χ4v) is 2.67. The van der Waals surface area contributed by atoms with Crippen LogP contribution in [0.2, 0.25) is 0 Å². The van der Waals surface area contributed by atoms with E-state index in [1.54, 1.807) is 0 Å². The first-order chi connectivity index (χ1) is 7.30. The van der Waals surface area contributed by atoms with Crippen LogP contribution in [0, 0.1) is 11.8 Å². The number of carbonyl (C=O) groups is 2. The smallest absolute Gasteiger partial charge is 0.471 e. The molecule has 1 saturated carbocycles. The zero-order valence-corrected chi connectivity index (χ0v) is 8.20. The molecule has 7 heteroatoms. The van der Waals surface area contributed by atoms with Crippen molar-refractivity contribution in [3.05, 3.63) is 0 Å². The second kappa shape index (κ2) is 3.36. The number of rotatable bonds is 1. The Morgan fingerprint density at radius 2 is 1.88 bits per heavy atom. The molecule has 2 fully saturated rings. The summed E-state index contributed by atoms with van der Waals surface area (Å²) in [4.78, 5) is 22.5. The van der Waals surface area contributed by atoms with E-state index in [1.807, 2.05) is 0 Å². The second-order valence-electron chi connectivity index (χ2n) is 4.29. The van der Waals surface area contributed by atoms with E-state index < -0.39 is 30.0 Å². The molecule has 2 bridgehead atoms. The predicted octanol–water partition coefficient (Wildman–Crippen LogP) is 0.870. The van der Waals surface area contributed by atoms with Crippen molar-refractivity contribution in [1.82, 2.24) is 4.90 Å². The van der Waals surface area contributed by atoms with Gasteiger partial charge in [-0.25, -0.2) is 0 Å². The number of aliphatic carboxylic acids is 1. The number of piperidine rings is 1. The Kier molecular flexibility index (Phi) is 2.36. The summed E-state index contributed by atoms with van der Waals surface area (Å²) in [6.07, 6.45) is -4.34. The lowest BCUT2D eigenvalue weighted by Gasteiger charge is -2.30. The first-order valence-corrected chi connectivity index (χ1v) is 4.91. The van der Waals surface area contributed by atoms with Crippen molar-refractivity contribution in [2.45, 2.75) is 25.1 Å². The van der Waals surface area contributed by atoms with Gasteiger partial charge in [0.05, 0.1) is 5.92 Å². The van der Waals surface area contributed by atoms with Gasteiger partial charge in [0.15, 0.2) is 0 Å². The van der Waals surface area contributed by atoms with Crippen molar-refractivity contribution in [2.24, 2.45) is 11.8 Å². The molecule has 3 atom stereocenters. The Morgan fingerprint density at radius 3 is 2.25 bits per heavy atom. The van der Waals surface area contributed by atoms with E-state index in [0.29, 0.717) is 6.42 Å². The predicted molar refractivity (Wildman–Crippen MR) is 45.4 cm³/mol. The summed E-state index contributed by atoms with van der Waals surface area (Å²) < 4.78 is 36.5. The van der Waals surface area contributed by atoms with Gasteiger partial charge in [0.1, 0.15) is 0 Å². The van der Waals surface area contributed by atoms with Gasteiger partial charge in [-0.15, -0.1) is 0 Å². The normalized spacial score (nSPS) is 33.2. The summed E-state index contributed by atoms with van der Waals surface area (Å²) in [5.74, 6) is -3.74. The highest BCUT2D eigenvalue weighted by molar-refractivity contribution is 5.83. The highest BCUT2D eigenvalue weighted by Gasteiger charge is 2.54. The summed E-state index contributed by atoms with van der Waals surface area (Å²) in [5, 5.41) is 8.79. The maximum Gasteiger partial charge on any atom is 0.471 e. The summed E-state index contributed by atoms with van der Waals surface area (Å²) in [7, 11) is 0. The van der Waals surface area contributed by atoms with E-state index in [9.17, 15) is 22.8 Å². The number of fused-ring (bicyclic) bond motifs is 2. The van der Waals surface area contributed by atoms with Crippen molar-refractivity contribution in [1.29, 1.82) is 0 Å². The molecule has 1 saturated heterocycles. The fourth-order valence-electron chi connectivity index (χ4n) is 2.67. The number of alkyl halides is 3. The molecular weight excluding hydrogens is 227 g/mol. The minimum absolute atomic E-state index is 0.0834. The monoisotopic (exact) mass is 237 g/mol. The van der Waals surface area contributed by atoms with Gasteiger partial charge in [-0.2, -0.15) is 13.2 Å². The zero-order chi connectivity index (χ0) is 12.1. The molecule has 1 heterocycles. The van der Waals surface area contributed by atoms with Crippen LogP contribution in [0.1, 0.15) is 12.8 Å². The van der Waals surface area contributed by atoms with Crippen LogP contribution in [0.3, 0.4) is 0 Å². The molecule has 1 N–H and O–H groups in total. The lowest BCUT2D eigenvalue weighted by Crippen LogP contribution is -2.47. The number of carbonyl (C=O) groups excluding carboxylic acids is 1. The number of hydrogen-bond donors (Lipinski definition) is 1. The third kappa shape index (κ3) is 1.64. The standard InChI is InChI=1S/C9H10F3NO3/c10-9(11,12)8(16)13-3-4-1-5(13)2-6(4)7(14)15/h4-6H,1-3H2,(H,14,15)/t4-,5-,6+/m0/s1. The minimum atomic E-state index is -4.86. The first-order valence-electron chi connectivity index (χ1n) is 4.91. The lowest BCUT2D eigenvalue weighted by atomic mass is 9.95. The van der Waals surface area contributed by atoms with Crippen molar-refractivity contribution >= 4 is 11.9 Å². The van der Waals surface area contributed by atoms with Crippen LogP contribution in [0.5, 0.6) is 0 Å². The third-order valence-electron chi connectivity index (χ3n) is 3.36. The minimum Gasteiger partial charge on any atom is -0.481 e. The van der Waals surface area contributed by atoms with Gasteiger partial charge in [0, 0.05) is 12.6 Å². The van der Waals surface area contributed by atoms with Crippen LogP contribution >= 0.6 is 0 Å². The highest BCUT2D eigenvalue weighted by atomic mass is 19.4. The number of hydrogen-bond acceptors (Lipinski definition) is 2.